The third-order valence-electron chi connectivity index (χ3n) is 7.16. The highest BCUT2D eigenvalue weighted by atomic mass is 19.1. The van der Waals surface area contributed by atoms with Crippen LogP contribution in [-0.2, 0) is 7.05 Å². The fraction of sp³-hybridized carbons (Fsp3) is 0.258. The zero-order valence-corrected chi connectivity index (χ0v) is 19.4. The average molecular weight is 455 g/mol. The fourth-order valence-electron chi connectivity index (χ4n) is 5.35. The van der Waals surface area contributed by atoms with Crippen LogP contribution in [0.3, 0.4) is 0 Å². The molecule has 1 aliphatic rings. The molecular formula is C31H29FNO+. The summed E-state index contributed by atoms with van der Waals surface area (Å²) < 4.78 is 56.2. The number of hydrogen-bond acceptors (Lipinski definition) is 1. The number of rotatable bonds is 3. The number of nitrogens with zero attached hydrogens (tertiary/aromatic N) is 1. The van der Waals surface area contributed by atoms with Crippen molar-refractivity contribution in [3.8, 4) is 22.4 Å². The summed E-state index contributed by atoms with van der Waals surface area (Å²) >= 11 is 0. The van der Waals surface area contributed by atoms with Crippen LogP contribution in [0.2, 0.25) is 0 Å². The van der Waals surface area contributed by atoms with Crippen molar-refractivity contribution in [2.45, 2.75) is 45.4 Å². The Morgan fingerprint density at radius 3 is 2.38 bits per heavy atom. The number of halogens is 1. The number of fused-ring (bicyclic) bond motifs is 3. The highest BCUT2D eigenvalue weighted by molar-refractivity contribution is 6.13. The molecule has 0 unspecified atom stereocenters. The molecule has 1 aliphatic carbocycles. The zero-order chi connectivity index (χ0) is 26.8. The van der Waals surface area contributed by atoms with Crippen molar-refractivity contribution in [3.05, 3.63) is 89.4 Å². The third-order valence-corrected chi connectivity index (χ3v) is 7.16. The van der Waals surface area contributed by atoms with Crippen molar-refractivity contribution >= 4 is 21.9 Å². The summed E-state index contributed by atoms with van der Waals surface area (Å²) in [6.45, 7) is -0.277. The van der Waals surface area contributed by atoms with E-state index in [0.29, 0.717) is 28.0 Å². The third kappa shape index (κ3) is 3.34. The largest absolute Gasteiger partial charge is 0.454 e. The summed E-state index contributed by atoms with van der Waals surface area (Å²) in [5.74, 6) is -0.938. The van der Waals surface area contributed by atoms with Crippen molar-refractivity contribution in [1.29, 1.82) is 0 Å². The lowest BCUT2D eigenvalue weighted by Crippen LogP contribution is -2.30. The summed E-state index contributed by atoms with van der Waals surface area (Å²) in [6.07, 6.45) is 5.57. The molecule has 6 rings (SSSR count). The Bertz CT molecular complexity index is 1700. The second-order valence-electron chi connectivity index (χ2n) is 9.33. The van der Waals surface area contributed by atoms with Crippen molar-refractivity contribution in [1.82, 2.24) is 0 Å². The minimum Gasteiger partial charge on any atom is -0.454 e. The predicted octanol–water partition coefficient (Wildman–Crippen LogP) is 8.16. The van der Waals surface area contributed by atoms with E-state index in [2.05, 4.69) is 0 Å². The molecule has 2 aromatic heterocycles. The Morgan fingerprint density at radius 1 is 0.941 bits per heavy atom. The first-order valence-corrected chi connectivity index (χ1v) is 11.8. The van der Waals surface area contributed by atoms with E-state index in [9.17, 15) is 0 Å². The van der Waals surface area contributed by atoms with E-state index in [1.807, 2.05) is 54.9 Å². The van der Waals surface area contributed by atoms with E-state index in [1.54, 1.807) is 24.4 Å². The smallest absolute Gasteiger partial charge is 0.216 e. The van der Waals surface area contributed by atoms with Crippen LogP contribution >= 0.6 is 0 Å². The monoisotopic (exact) mass is 454 g/mol. The van der Waals surface area contributed by atoms with E-state index < -0.39 is 12.7 Å². The molecule has 170 valence electrons. The molecule has 3 heteroatoms. The van der Waals surface area contributed by atoms with Gasteiger partial charge in [0.25, 0.3) is 0 Å². The lowest BCUT2D eigenvalue weighted by molar-refractivity contribution is -0.660. The van der Waals surface area contributed by atoms with Crippen LogP contribution < -0.4 is 4.57 Å². The maximum absolute atomic E-state index is 15.4. The molecule has 0 N–H and O–H groups in total. The molecule has 0 amide bonds. The molecule has 0 aliphatic heterocycles. The number of aryl methyl sites for hydroxylation is 3. The van der Waals surface area contributed by atoms with Crippen LogP contribution in [0.1, 0.15) is 53.8 Å². The van der Waals surface area contributed by atoms with Gasteiger partial charge in [-0.15, -0.1) is 0 Å². The maximum Gasteiger partial charge on any atom is 0.216 e. The number of hydrogen-bond donors (Lipinski definition) is 0. The van der Waals surface area contributed by atoms with Gasteiger partial charge in [0.1, 0.15) is 24.0 Å². The Labute approximate surface area is 205 Å². The predicted molar refractivity (Wildman–Crippen MR) is 136 cm³/mol. The topological polar surface area (TPSA) is 17.0 Å². The zero-order valence-electron chi connectivity index (χ0n) is 23.4. The van der Waals surface area contributed by atoms with Gasteiger partial charge in [-0.2, -0.15) is 0 Å². The lowest BCUT2D eigenvalue weighted by Gasteiger charge is -2.11. The van der Waals surface area contributed by atoms with Crippen molar-refractivity contribution in [2.24, 2.45) is 7.05 Å². The van der Waals surface area contributed by atoms with E-state index >= 15 is 4.39 Å². The quantitative estimate of drug-likeness (QED) is 0.251. The minimum absolute atomic E-state index is 0.249. The second kappa shape index (κ2) is 8.09. The van der Waals surface area contributed by atoms with E-state index in [-0.39, 0.29) is 11.4 Å². The van der Waals surface area contributed by atoms with Crippen LogP contribution in [0, 0.1) is 19.6 Å². The molecule has 1 fully saturated rings. The van der Waals surface area contributed by atoms with Crippen molar-refractivity contribution in [2.75, 3.05) is 0 Å². The molecular weight excluding hydrogens is 421 g/mol. The van der Waals surface area contributed by atoms with E-state index in [4.69, 9.17) is 9.90 Å². The van der Waals surface area contributed by atoms with Crippen LogP contribution in [0.5, 0.6) is 0 Å². The van der Waals surface area contributed by atoms with Gasteiger partial charge in [0.05, 0.1) is 11.1 Å². The second-order valence-corrected chi connectivity index (χ2v) is 9.33. The first kappa shape index (κ1) is 17.0. The minimum atomic E-state index is -2.24. The fourth-order valence-corrected chi connectivity index (χ4v) is 5.35. The number of aromatic nitrogens is 1. The van der Waals surface area contributed by atoms with Gasteiger partial charge in [0, 0.05) is 28.4 Å². The SMILES string of the molecule is [2H]C([2H])([2H])c1cc[n+](C)c(-c2c(C)ccc3c2oc2c(-c4ccc(C5([2H])CCCC5)cc4)c(F)ccc23)c1. The number of benzene rings is 3. The molecule has 3 aromatic carbocycles. The molecule has 0 radical (unpaired) electrons. The first-order chi connectivity index (χ1) is 18.1. The molecule has 1 saturated carbocycles. The summed E-state index contributed by atoms with van der Waals surface area (Å²) in [5, 5.41) is 1.64. The van der Waals surface area contributed by atoms with Gasteiger partial charge >= 0.3 is 0 Å². The Hall–Kier alpha value is -3.46. The van der Waals surface area contributed by atoms with Crippen LogP contribution in [-0.4, -0.2) is 0 Å². The molecule has 34 heavy (non-hydrogen) atoms. The van der Waals surface area contributed by atoms with Crippen LogP contribution in [0.15, 0.2) is 71.3 Å². The van der Waals surface area contributed by atoms with E-state index in [1.165, 1.54) is 6.07 Å². The van der Waals surface area contributed by atoms with Crippen LogP contribution in [0.25, 0.3) is 44.3 Å². The lowest BCUT2D eigenvalue weighted by atomic mass is 9.94. The Morgan fingerprint density at radius 2 is 1.65 bits per heavy atom. The molecule has 0 bridgehead atoms. The summed E-state index contributed by atoms with van der Waals surface area (Å²) in [6, 6.07) is 18.1. The molecule has 5 aromatic rings. The highest BCUT2D eigenvalue weighted by Crippen LogP contribution is 2.42. The first-order valence-electron chi connectivity index (χ1n) is 13.8. The van der Waals surface area contributed by atoms with Gasteiger partial charge in [0.15, 0.2) is 6.20 Å². The van der Waals surface area contributed by atoms with Gasteiger partial charge < -0.3 is 4.42 Å². The Kier molecular flexibility index (Phi) is 4.06. The summed E-state index contributed by atoms with van der Waals surface area (Å²) in [5.41, 5.74) is 5.78. The van der Waals surface area contributed by atoms with E-state index in [0.717, 1.165) is 53.1 Å². The standard InChI is InChI=1S/C31H29FNO/c1-19-16-17-33(3)27(18-19)28-20(2)8-13-24-25-14-15-26(32)29(31(25)34-30(24)28)23-11-9-22(10-12-23)21-6-4-5-7-21/h8-18,21H,4-7H2,1-3H3/q+1/i1D3,21D. The molecule has 0 atom stereocenters. The van der Waals surface area contributed by atoms with Gasteiger partial charge in [0.2, 0.25) is 5.69 Å². The molecule has 2 heterocycles. The van der Waals surface area contributed by atoms with Gasteiger partial charge in [-0.3, -0.25) is 0 Å². The number of furan rings is 1. The van der Waals surface area contributed by atoms with Gasteiger partial charge in [-0.05, 0) is 66.9 Å². The molecule has 0 saturated heterocycles. The summed E-state index contributed by atoms with van der Waals surface area (Å²) in [4.78, 5) is 0. The Balaban J connectivity index is 1.56. The van der Waals surface area contributed by atoms with Crippen molar-refractivity contribution in [3.63, 3.8) is 0 Å². The maximum atomic E-state index is 15.4. The highest BCUT2D eigenvalue weighted by Gasteiger charge is 2.23. The summed E-state index contributed by atoms with van der Waals surface area (Å²) in [7, 11) is 1.87. The average Bonchev–Trinajstić information content (AvgIpc) is 3.48. The molecule has 2 nitrogen and oxygen atoms in total. The van der Waals surface area contributed by atoms with Gasteiger partial charge in [-0.25, -0.2) is 8.96 Å². The normalized spacial score (nSPS) is 17.5. The number of pyridine rings is 1. The van der Waals surface area contributed by atoms with Crippen LogP contribution in [0.4, 0.5) is 4.39 Å². The van der Waals surface area contributed by atoms with Gasteiger partial charge in [-0.1, -0.05) is 49.2 Å². The van der Waals surface area contributed by atoms with Crippen molar-refractivity contribution < 1.29 is 18.9 Å². The molecule has 0 spiro atoms.